The number of ether oxygens (including phenoxy) is 1. The number of amides is 1. The summed E-state index contributed by atoms with van der Waals surface area (Å²) in [5.74, 6) is 2.37. The molecule has 0 unspecified atom stereocenters. The summed E-state index contributed by atoms with van der Waals surface area (Å²) < 4.78 is 6.71. The highest BCUT2D eigenvalue weighted by Gasteiger charge is 2.13. The van der Waals surface area contributed by atoms with Crippen molar-refractivity contribution in [2.75, 3.05) is 11.9 Å². The van der Waals surface area contributed by atoms with E-state index in [1.54, 1.807) is 36.4 Å². The first-order valence-corrected chi connectivity index (χ1v) is 9.15. The molecule has 7 heteroatoms. The van der Waals surface area contributed by atoms with Crippen molar-refractivity contribution in [3.8, 4) is 24.2 Å². The number of para-hydroxylation sites is 1. The van der Waals surface area contributed by atoms with Crippen molar-refractivity contribution in [1.82, 2.24) is 0 Å². The van der Waals surface area contributed by atoms with Gasteiger partial charge in [-0.2, -0.15) is 5.26 Å². The molecule has 0 radical (unpaired) electrons. The first kappa shape index (κ1) is 20.1. The van der Waals surface area contributed by atoms with Gasteiger partial charge in [-0.15, -0.1) is 6.42 Å². The summed E-state index contributed by atoms with van der Waals surface area (Å²) in [6.45, 7) is 0.121. The minimum absolute atomic E-state index is 0.0685. The monoisotopic (exact) mass is 492 g/mol. The summed E-state index contributed by atoms with van der Waals surface area (Å²) in [5, 5.41) is 12.3. The van der Waals surface area contributed by atoms with Crippen LogP contribution in [0.3, 0.4) is 0 Å². The molecule has 1 amide bonds. The van der Waals surface area contributed by atoms with Crippen LogP contribution in [0, 0.1) is 23.7 Å². The summed E-state index contributed by atoms with van der Waals surface area (Å²) in [6, 6.07) is 12.1. The Balaban J connectivity index is 2.28. The molecule has 0 saturated heterocycles. The molecule has 1 N–H and O–H groups in total. The van der Waals surface area contributed by atoms with Crippen molar-refractivity contribution in [1.29, 1.82) is 5.26 Å². The lowest BCUT2D eigenvalue weighted by Gasteiger charge is -2.09. The van der Waals surface area contributed by atoms with Gasteiger partial charge in [-0.1, -0.05) is 29.7 Å². The molecular weight excluding hydrogens is 483 g/mol. The molecule has 2 rings (SSSR count). The van der Waals surface area contributed by atoms with Crippen LogP contribution < -0.4 is 10.1 Å². The first-order valence-electron chi connectivity index (χ1n) is 7.19. The highest BCUT2D eigenvalue weighted by Crippen LogP contribution is 2.35. The second kappa shape index (κ2) is 9.45. The predicted octanol–water partition coefficient (Wildman–Crippen LogP) is 5.42. The van der Waals surface area contributed by atoms with Gasteiger partial charge >= 0.3 is 0 Å². The summed E-state index contributed by atoms with van der Waals surface area (Å²) in [7, 11) is 0. The average Bonchev–Trinajstić information content (AvgIpc) is 2.61. The Morgan fingerprint density at radius 3 is 2.54 bits per heavy atom. The standard InChI is InChI=1S/C19H11Br2ClN2O2/c1-2-7-26-18-14(20)9-12(10-15(18)21)8-13(11-23)19(25)24-17-6-4-3-5-16(17)22/h1,3-6,8-10H,7H2,(H,24,25)/b13-8+. The molecule has 2 aromatic rings. The van der Waals surface area contributed by atoms with E-state index < -0.39 is 5.91 Å². The van der Waals surface area contributed by atoms with Gasteiger partial charge in [-0.3, -0.25) is 4.79 Å². The van der Waals surface area contributed by atoms with E-state index in [1.165, 1.54) is 6.08 Å². The van der Waals surface area contributed by atoms with Crippen molar-refractivity contribution in [3.05, 3.63) is 61.5 Å². The molecular formula is C19H11Br2ClN2O2. The van der Waals surface area contributed by atoms with Gasteiger partial charge in [-0.05, 0) is 67.8 Å². The second-order valence-corrected chi connectivity index (χ2v) is 7.03. The lowest BCUT2D eigenvalue weighted by atomic mass is 10.1. The number of hydrogen-bond acceptors (Lipinski definition) is 3. The van der Waals surface area contributed by atoms with Gasteiger partial charge in [0.2, 0.25) is 0 Å². The zero-order valence-electron chi connectivity index (χ0n) is 13.2. The highest BCUT2D eigenvalue weighted by molar-refractivity contribution is 9.11. The second-order valence-electron chi connectivity index (χ2n) is 4.91. The number of hydrogen-bond donors (Lipinski definition) is 1. The number of benzene rings is 2. The van der Waals surface area contributed by atoms with Crippen LogP contribution in [0.5, 0.6) is 5.75 Å². The summed E-state index contributed by atoms with van der Waals surface area (Å²) >= 11 is 12.8. The maximum atomic E-state index is 12.3. The maximum Gasteiger partial charge on any atom is 0.266 e. The van der Waals surface area contributed by atoms with E-state index in [0.29, 0.717) is 31.0 Å². The number of rotatable bonds is 5. The minimum atomic E-state index is -0.555. The highest BCUT2D eigenvalue weighted by atomic mass is 79.9. The number of nitrogens with zero attached hydrogens (tertiary/aromatic N) is 1. The van der Waals surface area contributed by atoms with Gasteiger partial charge in [0.1, 0.15) is 24.0 Å². The molecule has 0 aliphatic rings. The molecule has 26 heavy (non-hydrogen) atoms. The molecule has 130 valence electrons. The van der Waals surface area contributed by atoms with E-state index in [-0.39, 0.29) is 12.2 Å². The molecule has 0 aliphatic carbocycles. The van der Waals surface area contributed by atoms with E-state index in [9.17, 15) is 10.1 Å². The minimum Gasteiger partial charge on any atom is -0.479 e. The molecule has 0 bridgehead atoms. The third-order valence-corrected chi connectivity index (χ3v) is 4.63. The zero-order chi connectivity index (χ0) is 19.1. The number of terminal acetylenes is 1. The first-order chi connectivity index (χ1) is 12.5. The van der Waals surface area contributed by atoms with Crippen LogP contribution >= 0.6 is 43.5 Å². The van der Waals surface area contributed by atoms with E-state index in [4.69, 9.17) is 22.8 Å². The molecule has 0 saturated carbocycles. The maximum absolute atomic E-state index is 12.3. The largest absolute Gasteiger partial charge is 0.479 e. The number of carbonyl (C=O) groups is 1. The van der Waals surface area contributed by atoms with Crippen LogP contribution in [0.1, 0.15) is 5.56 Å². The Morgan fingerprint density at radius 2 is 1.96 bits per heavy atom. The van der Waals surface area contributed by atoms with E-state index >= 15 is 0 Å². The Hall–Kier alpha value is -2.25. The molecule has 0 aromatic heterocycles. The Labute approximate surface area is 173 Å². The van der Waals surface area contributed by atoms with E-state index in [1.807, 2.05) is 6.07 Å². The van der Waals surface area contributed by atoms with Crippen LogP contribution in [0.25, 0.3) is 6.08 Å². The smallest absolute Gasteiger partial charge is 0.266 e. The summed E-state index contributed by atoms with van der Waals surface area (Å²) in [6.07, 6.45) is 6.66. The van der Waals surface area contributed by atoms with E-state index in [0.717, 1.165) is 0 Å². The summed E-state index contributed by atoms with van der Waals surface area (Å²) in [4.78, 5) is 12.3. The molecule has 0 fully saturated rings. The fourth-order valence-corrected chi connectivity index (χ4v) is 3.62. The van der Waals surface area contributed by atoms with Crippen molar-refractivity contribution < 1.29 is 9.53 Å². The average molecular weight is 495 g/mol. The fraction of sp³-hybridized carbons (Fsp3) is 0.0526. The number of anilines is 1. The molecule has 0 atom stereocenters. The van der Waals surface area contributed by atoms with Crippen molar-refractivity contribution in [3.63, 3.8) is 0 Å². The number of halogens is 3. The van der Waals surface area contributed by atoms with Crippen LogP contribution in [-0.2, 0) is 4.79 Å². The lowest BCUT2D eigenvalue weighted by Crippen LogP contribution is -2.13. The van der Waals surface area contributed by atoms with E-state index in [2.05, 4.69) is 43.1 Å². The fourth-order valence-electron chi connectivity index (χ4n) is 1.98. The van der Waals surface area contributed by atoms with Gasteiger partial charge in [-0.25, -0.2) is 0 Å². The normalized spacial score (nSPS) is 10.6. The third-order valence-electron chi connectivity index (χ3n) is 3.12. The topological polar surface area (TPSA) is 62.1 Å². The Morgan fingerprint density at radius 1 is 1.31 bits per heavy atom. The number of carbonyl (C=O) groups excluding carboxylic acids is 1. The molecule has 0 aliphatic heterocycles. The summed E-state index contributed by atoms with van der Waals surface area (Å²) in [5.41, 5.74) is 0.990. The Kier molecular flexibility index (Phi) is 7.29. The van der Waals surface area contributed by atoms with Crippen molar-refractivity contribution in [2.45, 2.75) is 0 Å². The molecule has 2 aromatic carbocycles. The van der Waals surface area contributed by atoms with Gasteiger partial charge in [0, 0.05) is 0 Å². The predicted molar refractivity (Wildman–Crippen MR) is 110 cm³/mol. The van der Waals surface area contributed by atoms with Gasteiger partial charge < -0.3 is 10.1 Å². The van der Waals surface area contributed by atoms with Crippen LogP contribution in [-0.4, -0.2) is 12.5 Å². The van der Waals surface area contributed by atoms with Crippen LogP contribution in [0.15, 0.2) is 50.9 Å². The van der Waals surface area contributed by atoms with Gasteiger partial charge in [0.25, 0.3) is 5.91 Å². The SMILES string of the molecule is C#CCOc1c(Br)cc(/C=C(\C#N)C(=O)Nc2ccccc2Cl)cc1Br. The van der Waals surface area contributed by atoms with Gasteiger partial charge in [0.05, 0.1) is 19.7 Å². The zero-order valence-corrected chi connectivity index (χ0v) is 17.2. The quantitative estimate of drug-likeness (QED) is 0.343. The van der Waals surface area contributed by atoms with Gasteiger partial charge in [0.15, 0.2) is 0 Å². The molecule has 0 heterocycles. The van der Waals surface area contributed by atoms with Crippen molar-refractivity contribution in [2.24, 2.45) is 0 Å². The lowest BCUT2D eigenvalue weighted by molar-refractivity contribution is -0.112. The van der Waals surface area contributed by atoms with Crippen molar-refractivity contribution >= 4 is 61.1 Å². The van der Waals surface area contributed by atoms with Crippen LogP contribution in [0.4, 0.5) is 5.69 Å². The van der Waals surface area contributed by atoms with Crippen LogP contribution in [0.2, 0.25) is 5.02 Å². The number of nitriles is 1. The number of nitrogens with one attached hydrogen (secondary N) is 1. The third kappa shape index (κ3) is 5.12. The molecule has 4 nitrogen and oxygen atoms in total. The molecule has 0 spiro atoms. The Bertz CT molecular complexity index is 936.